The summed E-state index contributed by atoms with van der Waals surface area (Å²) in [7, 11) is 3.09. The molecule has 0 aliphatic carbocycles. The molecular formula is C20H22O6. The number of hydrogen-bond donors (Lipinski definition) is 0. The van der Waals surface area contributed by atoms with Gasteiger partial charge in [-0.15, -0.1) is 0 Å². The molecule has 0 radical (unpaired) electrons. The minimum Gasteiger partial charge on any atom is -0.497 e. The molecule has 6 nitrogen and oxygen atoms in total. The molecule has 0 saturated carbocycles. The number of unbranched alkanes of at least 4 members (excludes halogenated alkanes) is 1. The Balaban J connectivity index is 1.76. The van der Waals surface area contributed by atoms with Gasteiger partial charge in [-0.2, -0.15) is 0 Å². The van der Waals surface area contributed by atoms with Gasteiger partial charge in [0.25, 0.3) is 0 Å². The van der Waals surface area contributed by atoms with E-state index in [1.54, 1.807) is 50.6 Å². The standard InChI is InChI=1S/C20H22O6/c1-23-17-5-7-19(15(11-17)13-21)25-9-3-4-10-26-20-8-6-18(24-2)12-16(20)14-22/h5-8,11-14H,3-4,9-10H2,1-2H3. The van der Waals surface area contributed by atoms with E-state index in [1.165, 1.54) is 0 Å². The van der Waals surface area contributed by atoms with Crippen molar-refractivity contribution in [2.75, 3.05) is 27.4 Å². The molecule has 6 heteroatoms. The Morgan fingerprint density at radius 2 is 1.15 bits per heavy atom. The van der Waals surface area contributed by atoms with Gasteiger partial charge in [0.2, 0.25) is 0 Å². The average Bonchev–Trinajstić information content (AvgIpc) is 2.70. The fourth-order valence-corrected chi connectivity index (χ4v) is 2.32. The maximum atomic E-state index is 11.1. The van der Waals surface area contributed by atoms with Crippen LogP contribution in [-0.2, 0) is 0 Å². The zero-order valence-corrected chi connectivity index (χ0v) is 14.9. The molecule has 0 amide bonds. The van der Waals surface area contributed by atoms with Crippen molar-refractivity contribution in [3.8, 4) is 23.0 Å². The van der Waals surface area contributed by atoms with E-state index < -0.39 is 0 Å². The Hall–Kier alpha value is -3.02. The number of rotatable bonds is 11. The molecule has 2 aromatic rings. The maximum Gasteiger partial charge on any atom is 0.153 e. The average molecular weight is 358 g/mol. The third-order valence-electron chi connectivity index (χ3n) is 3.74. The lowest BCUT2D eigenvalue weighted by Crippen LogP contribution is -2.05. The van der Waals surface area contributed by atoms with Crippen LogP contribution in [-0.4, -0.2) is 40.0 Å². The quantitative estimate of drug-likeness (QED) is 0.452. The second kappa shape index (κ2) is 10.1. The molecule has 2 rings (SSSR count). The van der Waals surface area contributed by atoms with Gasteiger partial charge in [-0.3, -0.25) is 9.59 Å². The minimum absolute atomic E-state index is 0.453. The van der Waals surface area contributed by atoms with Gasteiger partial charge in [0.15, 0.2) is 12.6 Å². The van der Waals surface area contributed by atoms with E-state index in [0.717, 1.165) is 25.4 Å². The lowest BCUT2D eigenvalue weighted by Gasteiger charge is -2.11. The van der Waals surface area contributed by atoms with Crippen molar-refractivity contribution in [2.24, 2.45) is 0 Å². The maximum absolute atomic E-state index is 11.1. The van der Waals surface area contributed by atoms with E-state index in [9.17, 15) is 9.59 Å². The second-order valence-electron chi connectivity index (χ2n) is 5.45. The number of ether oxygens (including phenoxy) is 4. The van der Waals surface area contributed by atoms with Crippen LogP contribution in [0.4, 0.5) is 0 Å². The van der Waals surface area contributed by atoms with Crippen LogP contribution in [0.1, 0.15) is 33.6 Å². The van der Waals surface area contributed by atoms with Crippen LogP contribution in [0.2, 0.25) is 0 Å². The molecule has 0 unspecified atom stereocenters. The molecule has 2 aromatic carbocycles. The summed E-state index contributed by atoms with van der Waals surface area (Å²) in [5.74, 6) is 2.27. The molecule has 0 aromatic heterocycles. The second-order valence-corrected chi connectivity index (χ2v) is 5.45. The molecule has 0 atom stereocenters. The predicted octanol–water partition coefficient (Wildman–Crippen LogP) is 3.57. The van der Waals surface area contributed by atoms with Crippen molar-refractivity contribution in [3.63, 3.8) is 0 Å². The fourth-order valence-electron chi connectivity index (χ4n) is 2.32. The summed E-state index contributed by atoms with van der Waals surface area (Å²) in [6.45, 7) is 0.916. The number of aldehydes is 2. The SMILES string of the molecule is COc1ccc(OCCCCOc2ccc(OC)cc2C=O)c(C=O)c1. The summed E-state index contributed by atoms with van der Waals surface area (Å²) < 4.78 is 21.4. The highest BCUT2D eigenvalue weighted by Crippen LogP contribution is 2.24. The van der Waals surface area contributed by atoms with E-state index in [-0.39, 0.29) is 0 Å². The van der Waals surface area contributed by atoms with Crippen LogP contribution in [0.15, 0.2) is 36.4 Å². The highest BCUT2D eigenvalue weighted by Gasteiger charge is 2.06. The van der Waals surface area contributed by atoms with Crippen molar-refractivity contribution in [1.29, 1.82) is 0 Å². The first kappa shape index (κ1) is 19.3. The van der Waals surface area contributed by atoms with E-state index in [4.69, 9.17) is 18.9 Å². The summed E-state index contributed by atoms with van der Waals surface area (Å²) in [4.78, 5) is 22.2. The first-order valence-corrected chi connectivity index (χ1v) is 8.24. The van der Waals surface area contributed by atoms with E-state index in [0.29, 0.717) is 47.3 Å². The van der Waals surface area contributed by atoms with Gasteiger partial charge in [-0.25, -0.2) is 0 Å². The molecule has 138 valence electrons. The molecule has 0 N–H and O–H groups in total. The van der Waals surface area contributed by atoms with Crippen molar-refractivity contribution in [3.05, 3.63) is 47.5 Å². The zero-order valence-electron chi connectivity index (χ0n) is 14.9. The first-order valence-electron chi connectivity index (χ1n) is 8.24. The molecule has 0 fully saturated rings. The first-order chi connectivity index (χ1) is 12.7. The summed E-state index contributed by atoms with van der Waals surface area (Å²) in [6, 6.07) is 10.2. The molecule has 0 bridgehead atoms. The Kier molecular flexibility index (Phi) is 7.49. The number of methoxy groups -OCH3 is 2. The number of carbonyl (C=O) groups is 2. The van der Waals surface area contributed by atoms with Gasteiger partial charge < -0.3 is 18.9 Å². The monoisotopic (exact) mass is 358 g/mol. The highest BCUT2D eigenvalue weighted by molar-refractivity contribution is 5.80. The van der Waals surface area contributed by atoms with E-state index >= 15 is 0 Å². The van der Waals surface area contributed by atoms with E-state index in [1.807, 2.05) is 0 Å². The van der Waals surface area contributed by atoms with Gasteiger partial charge >= 0.3 is 0 Å². The third kappa shape index (κ3) is 5.24. The van der Waals surface area contributed by atoms with Gasteiger partial charge in [-0.1, -0.05) is 0 Å². The van der Waals surface area contributed by atoms with Crippen molar-refractivity contribution in [1.82, 2.24) is 0 Å². The van der Waals surface area contributed by atoms with Gasteiger partial charge in [0, 0.05) is 0 Å². The summed E-state index contributed by atoms with van der Waals surface area (Å²) in [5, 5.41) is 0. The molecule has 0 spiro atoms. The fraction of sp³-hybridized carbons (Fsp3) is 0.300. The van der Waals surface area contributed by atoms with Gasteiger partial charge in [0.1, 0.15) is 23.0 Å². The number of benzene rings is 2. The van der Waals surface area contributed by atoms with Crippen LogP contribution in [0.5, 0.6) is 23.0 Å². The molecule has 0 aliphatic rings. The third-order valence-corrected chi connectivity index (χ3v) is 3.74. The smallest absolute Gasteiger partial charge is 0.153 e. The Labute approximate surface area is 152 Å². The normalized spacial score (nSPS) is 10.1. The van der Waals surface area contributed by atoms with Crippen molar-refractivity contribution < 1.29 is 28.5 Å². The molecule has 0 heterocycles. The van der Waals surface area contributed by atoms with Gasteiger partial charge in [0.05, 0.1) is 38.6 Å². The lowest BCUT2D eigenvalue weighted by molar-refractivity contribution is 0.111. The van der Waals surface area contributed by atoms with Crippen LogP contribution in [0.3, 0.4) is 0 Å². The highest BCUT2D eigenvalue weighted by atomic mass is 16.5. The minimum atomic E-state index is 0.453. The van der Waals surface area contributed by atoms with Crippen LogP contribution in [0, 0.1) is 0 Å². The van der Waals surface area contributed by atoms with Crippen molar-refractivity contribution >= 4 is 12.6 Å². The Bertz CT molecular complexity index is 678. The van der Waals surface area contributed by atoms with E-state index in [2.05, 4.69) is 0 Å². The summed E-state index contributed by atoms with van der Waals surface area (Å²) in [6.07, 6.45) is 2.98. The molecule has 0 saturated heterocycles. The molecule has 0 aliphatic heterocycles. The van der Waals surface area contributed by atoms with Gasteiger partial charge in [-0.05, 0) is 49.2 Å². The summed E-state index contributed by atoms with van der Waals surface area (Å²) >= 11 is 0. The largest absolute Gasteiger partial charge is 0.497 e. The predicted molar refractivity (Wildman–Crippen MR) is 97.0 cm³/mol. The Morgan fingerprint density at radius 1 is 0.731 bits per heavy atom. The Morgan fingerprint density at radius 3 is 1.50 bits per heavy atom. The molecule has 26 heavy (non-hydrogen) atoms. The zero-order chi connectivity index (χ0) is 18.8. The number of hydrogen-bond acceptors (Lipinski definition) is 6. The lowest BCUT2D eigenvalue weighted by atomic mass is 10.2. The van der Waals surface area contributed by atoms with Crippen LogP contribution >= 0.6 is 0 Å². The molecular weight excluding hydrogens is 336 g/mol. The van der Waals surface area contributed by atoms with Crippen LogP contribution < -0.4 is 18.9 Å². The summed E-state index contributed by atoms with van der Waals surface area (Å²) in [5.41, 5.74) is 0.906. The van der Waals surface area contributed by atoms with Crippen molar-refractivity contribution in [2.45, 2.75) is 12.8 Å². The number of carbonyl (C=O) groups excluding carboxylic acids is 2. The topological polar surface area (TPSA) is 71.1 Å². The van der Waals surface area contributed by atoms with Crippen LogP contribution in [0.25, 0.3) is 0 Å².